The topological polar surface area (TPSA) is 29.3 Å². The molecule has 1 aromatic carbocycles. The van der Waals surface area contributed by atoms with Crippen LogP contribution in [-0.2, 0) is 0 Å². The van der Waals surface area contributed by atoms with Gasteiger partial charge in [0.05, 0.1) is 6.04 Å². The van der Waals surface area contributed by atoms with Gasteiger partial charge >= 0.3 is 0 Å². The SMILES string of the molecule is [CH2]CCN(CCN)C(C=C)c1ccccc1. The fourth-order valence-corrected chi connectivity index (χ4v) is 1.91. The molecule has 0 aliphatic rings. The van der Waals surface area contributed by atoms with Crippen molar-refractivity contribution in [1.82, 2.24) is 4.90 Å². The molecule has 0 bridgehead atoms. The summed E-state index contributed by atoms with van der Waals surface area (Å²) in [4.78, 5) is 2.31. The summed E-state index contributed by atoms with van der Waals surface area (Å²) in [7, 11) is 0. The van der Waals surface area contributed by atoms with Crippen LogP contribution >= 0.6 is 0 Å². The van der Waals surface area contributed by atoms with Crippen LogP contribution in [-0.4, -0.2) is 24.5 Å². The fourth-order valence-electron chi connectivity index (χ4n) is 1.91. The van der Waals surface area contributed by atoms with Crippen LogP contribution < -0.4 is 5.73 Å². The van der Waals surface area contributed by atoms with E-state index in [-0.39, 0.29) is 6.04 Å². The summed E-state index contributed by atoms with van der Waals surface area (Å²) >= 11 is 0. The highest BCUT2D eigenvalue weighted by atomic mass is 15.2. The van der Waals surface area contributed by atoms with Crippen molar-refractivity contribution in [2.45, 2.75) is 12.5 Å². The van der Waals surface area contributed by atoms with Gasteiger partial charge in [-0.2, -0.15) is 0 Å². The van der Waals surface area contributed by atoms with Crippen molar-refractivity contribution in [2.24, 2.45) is 5.73 Å². The molecule has 2 heteroatoms. The highest BCUT2D eigenvalue weighted by Crippen LogP contribution is 2.21. The van der Waals surface area contributed by atoms with Crippen LogP contribution in [0.15, 0.2) is 43.0 Å². The third kappa shape index (κ3) is 3.47. The van der Waals surface area contributed by atoms with Crippen molar-refractivity contribution >= 4 is 0 Å². The Morgan fingerprint density at radius 3 is 2.44 bits per heavy atom. The second-order valence-electron chi connectivity index (χ2n) is 3.77. The molecular formula is C14H21N2. The van der Waals surface area contributed by atoms with Crippen LogP contribution in [0.1, 0.15) is 18.0 Å². The number of hydrogen-bond acceptors (Lipinski definition) is 2. The number of benzene rings is 1. The van der Waals surface area contributed by atoms with Crippen LogP contribution in [0.4, 0.5) is 0 Å². The molecule has 2 nitrogen and oxygen atoms in total. The molecule has 2 N–H and O–H groups in total. The average molecular weight is 217 g/mol. The monoisotopic (exact) mass is 217 g/mol. The van der Waals surface area contributed by atoms with E-state index < -0.39 is 0 Å². The first-order valence-electron chi connectivity index (χ1n) is 5.74. The van der Waals surface area contributed by atoms with Crippen molar-refractivity contribution in [1.29, 1.82) is 0 Å². The lowest BCUT2D eigenvalue weighted by molar-refractivity contribution is 0.242. The van der Waals surface area contributed by atoms with Gasteiger partial charge in [0.25, 0.3) is 0 Å². The summed E-state index contributed by atoms with van der Waals surface area (Å²) in [6.07, 6.45) is 2.86. The molecule has 0 saturated carbocycles. The molecule has 1 radical (unpaired) electrons. The first kappa shape index (κ1) is 12.9. The molecule has 0 aliphatic carbocycles. The average Bonchev–Trinajstić information content (AvgIpc) is 2.32. The van der Waals surface area contributed by atoms with E-state index in [9.17, 15) is 0 Å². The van der Waals surface area contributed by atoms with Gasteiger partial charge in [-0.25, -0.2) is 0 Å². The number of nitrogens with zero attached hydrogens (tertiary/aromatic N) is 1. The molecule has 1 atom stereocenters. The Labute approximate surface area is 98.8 Å². The Kier molecular flexibility index (Phi) is 5.83. The van der Waals surface area contributed by atoms with Gasteiger partial charge in [0.1, 0.15) is 0 Å². The lowest BCUT2D eigenvalue weighted by Crippen LogP contribution is -2.33. The van der Waals surface area contributed by atoms with Crippen molar-refractivity contribution < 1.29 is 0 Å². The van der Waals surface area contributed by atoms with Crippen LogP contribution in [0, 0.1) is 6.92 Å². The molecule has 0 saturated heterocycles. The summed E-state index contributed by atoms with van der Waals surface area (Å²) in [6, 6.07) is 10.6. The Morgan fingerprint density at radius 2 is 1.94 bits per heavy atom. The smallest absolute Gasteiger partial charge is 0.0529 e. The van der Waals surface area contributed by atoms with Crippen LogP contribution in [0.5, 0.6) is 0 Å². The summed E-state index contributed by atoms with van der Waals surface area (Å²) in [5.41, 5.74) is 6.90. The minimum absolute atomic E-state index is 0.242. The quantitative estimate of drug-likeness (QED) is 0.711. The second-order valence-corrected chi connectivity index (χ2v) is 3.77. The fraction of sp³-hybridized carbons (Fsp3) is 0.357. The van der Waals surface area contributed by atoms with E-state index in [2.05, 4.69) is 42.7 Å². The Balaban J connectivity index is 2.81. The zero-order valence-corrected chi connectivity index (χ0v) is 9.81. The normalized spacial score (nSPS) is 12.7. The predicted octanol–water partition coefficient (Wildman–Crippen LogP) is 2.40. The molecule has 87 valence electrons. The third-order valence-electron chi connectivity index (χ3n) is 2.62. The number of hydrogen-bond donors (Lipinski definition) is 1. The molecule has 0 spiro atoms. The standard InChI is InChI=1S/C14H21N2/c1-3-11-16(12-10-15)14(4-2)13-8-6-5-7-9-13/h4-9,14H,1-3,10-12,15H2. The Bertz CT molecular complexity index is 289. The van der Waals surface area contributed by atoms with Crippen LogP contribution in [0.3, 0.4) is 0 Å². The van der Waals surface area contributed by atoms with E-state index in [4.69, 9.17) is 5.73 Å². The minimum Gasteiger partial charge on any atom is -0.329 e. The minimum atomic E-state index is 0.242. The summed E-state index contributed by atoms with van der Waals surface area (Å²) < 4.78 is 0. The third-order valence-corrected chi connectivity index (χ3v) is 2.62. The molecule has 0 aliphatic heterocycles. The second kappa shape index (κ2) is 7.20. The molecule has 0 heterocycles. The van der Waals surface area contributed by atoms with Gasteiger partial charge in [0, 0.05) is 13.1 Å². The molecule has 0 amide bonds. The number of nitrogens with two attached hydrogens (primary N) is 1. The molecule has 0 aromatic heterocycles. The van der Waals surface area contributed by atoms with Gasteiger partial charge in [0.15, 0.2) is 0 Å². The number of rotatable bonds is 7. The Morgan fingerprint density at radius 1 is 1.25 bits per heavy atom. The Hall–Kier alpha value is -1.12. The van der Waals surface area contributed by atoms with Gasteiger partial charge < -0.3 is 5.73 Å². The van der Waals surface area contributed by atoms with Crippen LogP contribution in [0.25, 0.3) is 0 Å². The van der Waals surface area contributed by atoms with Crippen molar-refractivity contribution in [3.63, 3.8) is 0 Å². The largest absolute Gasteiger partial charge is 0.329 e. The first-order valence-corrected chi connectivity index (χ1v) is 5.74. The van der Waals surface area contributed by atoms with Gasteiger partial charge in [-0.05, 0) is 18.5 Å². The van der Waals surface area contributed by atoms with Gasteiger partial charge in [-0.1, -0.05) is 43.3 Å². The van der Waals surface area contributed by atoms with E-state index >= 15 is 0 Å². The lowest BCUT2D eigenvalue weighted by Gasteiger charge is -2.29. The lowest BCUT2D eigenvalue weighted by atomic mass is 10.1. The van der Waals surface area contributed by atoms with Gasteiger partial charge in [0.2, 0.25) is 0 Å². The van der Waals surface area contributed by atoms with E-state index in [1.54, 1.807) is 0 Å². The molecule has 1 unspecified atom stereocenters. The van der Waals surface area contributed by atoms with Crippen molar-refractivity contribution in [2.75, 3.05) is 19.6 Å². The van der Waals surface area contributed by atoms with Crippen molar-refractivity contribution in [3.8, 4) is 0 Å². The predicted molar refractivity (Wildman–Crippen MR) is 70.0 cm³/mol. The summed E-state index contributed by atoms with van der Waals surface area (Å²) in [5, 5.41) is 0. The van der Waals surface area contributed by atoms with E-state index in [1.807, 2.05) is 12.1 Å². The van der Waals surface area contributed by atoms with E-state index in [0.29, 0.717) is 6.54 Å². The summed E-state index contributed by atoms with van der Waals surface area (Å²) in [6.45, 7) is 10.3. The zero-order chi connectivity index (χ0) is 11.8. The molecule has 1 aromatic rings. The molecule has 0 fully saturated rings. The maximum atomic E-state index is 5.63. The van der Waals surface area contributed by atoms with Crippen molar-refractivity contribution in [3.05, 3.63) is 55.5 Å². The zero-order valence-electron chi connectivity index (χ0n) is 9.81. The highest BCUT2D eigenvalue weighted by Gasteiger charge is 2.15. The van der Waals surface area contributed by atoms with Gasteiger partial charge in [-0.3, -0.25) is 4.90 Å². The van der Waals surface area contributed by atoms with E-state index in [1.165, 1.54) is 5.56 Å². The molecule has 1 rings (SSSR count). The van der Waals surface area contributed by atoms with E-state index in [0.717, 1.165) is 19.5 Å². The molecule has 16 heavy (non-hydrogen) atoms. The first-order chi connectivity index (χ1) is 7.83. The summed E-state index contributed by atoms with van der Waals surface area (Å²) in [5.74, 6) is 0. The molecular weight excluding hydrogens is 196 g/mol. The van der Waals surface area contributed by atoms with Gasteiger partial charge in [-0.15, -0.1) is 6.58 Å². The maximum Gasteiger partial charge on any atom is 0.0529 e. The highest BCUT2D eigenvalue weighted by molar-refractivity contribution is 5.22. The maximum absolute atomic E-state index is 5.63. The van der Waals surface area contributed by atoms with Crippen LogP contribution in [0.2, 0.25) is 0 Å².